The second-order valence-corrected chi connectivity index (χ2v) is 6.71. The summed E-state index contributed by atoms with van der Waals surface area (Å²) in [5.74, 6) is -1.45. The average molecular weight is 370 g/mol. The molecule has 4 rings (SSSR count). The highest BCUT2D eigenvalue weighted by Gasteiger charge is 2.35. The SMILES string of the molecule is O=C1C[C@H](C(=O)N2CCC(Oc3ncccn3)CC2)c2cc(F)ccc2N1. The lowest BCUT2D eigenvalue weighted by Crippen LogP contribution is -2.45. The lowest BCUT2D eigenvalue weighted by Gasteiger charge is -2.35. The van der Waals surface area contributed by atoms with Crippen molar-refractivity contribution >= 4 is 17.5 Å². The molecule has 140 valence electrons. The van der Waals surface area contributed by atoms with Crippen LogP contribution < -0.4 is 10.1 Å². The molecule has 0 radical (unpaired) electrons. The molecule has 0 unspecified atom stereocenters. The Morgan fingerprint density at radius 1 is 1.22 bits per heavy atom. The summed E-state index contributed by atoms with van der Waals surface area (Å²) in [4.78, 5) is 34.8. The summed E-state index contributed by atoms with van der Waals surface area (Å²) < 4.78 is 19.4. The van der Waals surface area contributed by atoms with Gasteiger partial charge >= 0.3 is 6.01 Å². The van der Waals surface area contributed by atoms with E-state index in [-0.39, 0.29) is 24.3 Å². The molecule has 2 amide bonds. The van der Waals surface area contributed by atoms with Crippen molar-refractivity contribution in [1.82, 2.24) is 14.9 Å². The fraction of sp³-hybridized carbons (Fsp3) is 0.368. The van der Waals surface area contributed by atoms with Crippen LogP contribution in [0, 0.1) is 5.82 Å². The van der Waals surface area contributed by atoms with Gasteiger partial charge in [0, 0.05) is 50.4 Å². The normalized spacial score (nSPS) is 20.0. The van der Waals surface area contributed by atoms with E-state index in [0.717, 1.165) is 0 Å². The first kappa shape index (κ1) is 17.4. The Balaban J connectivity index is 1.42. The number of benzene rings is 1. The fourth-order valence-corrected chi connectivity index (χ4v) is 3.56. The van der Waals surface area contributed by atoms with E-state index in [0.29, 0.717) is 43.2 Å². The molecule has 0 saturated carbocycles. The lowest BCUT2D eigenvalue weighted by molar-refractivity contribution is -0.136. The monoisotopic (exact) mass is 370 g/mol. The van der Waals surface area contributed by atoms with Gasteiger partial charge in [-0.2, -0.15) is 0 Å². The standard InChI is InChI=1S/C19H19FN4O3/c20-12-2-3-16-14(10-12)15(11-17(25)23-16)18(26)24-8-4-13(5-9-24)27-19-21-6-1-7-22-19/h1-3,6-7,10,13,15H,4-5,8-9,11H2,(H,23,25)/t15-/m0/s1. The summed E-state index contributed by atoms with van der Waals surface area (Å²) in [5, 5.41) is 2.70. The van der Waals surface area contributed by atoms with Gasteiger partial charge in [0.1, 0.15) is 11.9 Å². The van der Waals surface area contributed by atoms with Crippen LogP contribution in [0.15, 0.2) is 36.7 Å². The molecule has 1 aromatic heterocycles. The number of ether oxygens (including phenoxy) is 1. The molecule has 3 heterocycles. The third-order valence-corrected chi connectivity index (χ3v) is 4.92. The maximum atomic E-state index is 13.7. The third-order valence-electron chi connectivity index (χ3n) is 4.92. The molecule has 0 bridgehead atoms. The smallest absolute Gasteiger partial charge is 0.316 e. The Bertz CT molecular complexity index is 853. The van der Waals surface area contributed by atoms with Crippen molar-refractivity contribution in [3.8, 4) is 6.01 Å². The Hall–Kier alpha value is -3.03. The van der Waals surface area contributed by atoms with E-state index < -0.39 is 11.7 Å². The number of nitrogens with zero attached hydrogens (tertiary/aromatic N) is 3. The zero-order valence-corrected chi connectivity index (χ0v) is 14.6. The number of halogens is 1. The average Bonchev–Trinajstić information content (AvgIpc) is 2.68. The van der Waals surface area contributed by atoms with Crippen LogP contribution in [0.4, 0.5) is 10.1 Å². The third kappa shape index (κ3) is 3.74. The van der Waals surface area contributed by atoms with Crippen molar-refractivity contribution in [3.05, 3.63) is 48.0 Å². The molecule has 1 saturated heterocycles. The molecule has 1 fully saturated rings. The highest BCUT2D eigenvalue weighted by Crippen LogP contribution is 2.34. The van der Waals surface area contributed by atoms with Crippen LogP contribution in [0.1, 0.15) is 30.7 Å². The number of nitrogens with one attached hydrogen (secondary N) is 1. The van der Waals surface area contributed by atoms with E-state index >= 15 is 0 Å². The first-order valence-corrected chi connectivity index (χ1v) is 8.92. The van der Waals surface area contributed by atoms with Gasteiger partial charge in [-0.1, -0.05) is 0 Å². The molecule has 2 aromatic rings. The van der Waals surface area contributed by atoms with Crippen LogP contribution in [-0.2, 0) is 9.59 Å². The van der Waals surface area contributed by atoms with Crippen LogP contribution >= 0.6 is 0 Å². The number of likely N-dealkylation sites (tertiary alicyclic amines) is 1. The number of piperidine rings is 1. The lowest BCUT2D eigenvalue weighted by atomic mass is 9.88. The van der Waals surface area contributed by atoms with Crippen molar-refractivity contribution in [1.29, 1.82) is 0 Å². The summed E-state index contributed by atoms with van der Waals surface area (Å²) >= 11 is 0. The Kier molecular flexibility index (Phi) is 4.70. The molecule has 0 aliphatic carbocycles. The summed E-state index contributed by atoms with van der Waals surface area (Å²) in [6.45, 7) is 1.03. The minimum Gasteiger partial charge on any atom is -0.460 e. The summed E-state index contributed by atoms with van der Waals surface area (Å²) in [6.07, 6.45) is 4.51. The number of anilines is 1. The van der Waals surface area contributed by atoms with Gasteiger partial charge in [0.25, 0.3) is 0 Å². The minimum atomic E-state index is -0.653. The highest BCUT2D eigenvalue weighted by molar-refractivity contribution is 6.01. The fourth-order valence-electron chi connectivity index (χ4n) is 3.56. The molecule has 1 aromatic carbocycles. The number of amides is 2. The predicted octanol–water partition coefficient (Wildman–Crippen LogP) is 2.11. The van der Waals surface area contributed by atoms with Crippen LogP contribution in [0.25, 0.3) is 0 Å². The summed E-state index contributed by atoms with van der Waals surface area (Å²) in [6, 6.07) is 6.16. The largest absolute Gasteiger partial charge is 0.460 e. The molecular formula is C19H19FN4O3. The number of hydrogen-bond donors (Lipinski definition) is 1. The van der Waals surface area contributed by atoms with Crippen LogP contribution in [-0.4, -0.2) is 45.9 Å². The molecule has 8 heteroatoms. The molecule has 2 aliphatic rings. The van der Waals surface area contributed by atoms with Gasteiger partial charge in [0.05, 0.1) is 5.92 Å². The number of carbonyl (C=O) groups excluding carboxylic acids is 2. The van der Waals surface area contributed by atoms with E-state index in [1.807, 2.05) is 0 Å². The van der Waals surface area contributed by atoms with E-state index in [2.05, 4.69) is 15.3 Å². The molecule has 7 nitrogen and oxygen atoms in total. The summed E-state index contributed by atoms with van der Waals surface area (Å²) in [5.41, 5.74) is 1.04. The Morgan fingerprint density at radius 3 is 2.70 bits per heavy atom. The van der Waals surface area contributed by atoms with Gasteiger partial charge in [-0.05, 0) is 29.8 Å². The zero-order valence-electron chi connectivity index (χ0n) is 14.6. The van der Waals surface area contributed by atoms with Crippen molar-refractivity contribution in [2.75, 3.05) is 18.4 Å². The minimum absolute atomic E-state index is 0.0313. The van der Waals surface area contributed by atoms with E-state index in [1.165, 1.54) is 18.2 Å². The molecule has 2 aliphatic heterocycles. The van der Waals surface area contributed by atoms with E-state index in [1.54, 1.807) is 23.4 Å². The maximum Gasteiger partial charge on any atom is 0.316 e. The van der Waals surface area contributed by atoms with E-state index in [4.69, 9.17) is 4.74 Å². The zero-order chi connectivity index (χ0) is 18.8. The van der Waals surface area contributed by atoms with Crippen molar-refractivity contribution in [3.63, 3.8) is 0 Å². The number of rotatable bonds is 3. The van der Waals surface area contributed by atoms with Gasteiger partial charge in [-0.15, -0.1) is 0 Å². The molecule has 1 atom stereocenters. The first-order valence-electron chi connectivity index (χ1n) is 8.92. The van der Waals surface area contributed by atoms with Gasteiger partial charge in [0.15, 0.2) is 0 Å². The van der Waals surface area contributed by atoms with Crippen LogP contribution in [0.2, 0.25) is 0 Å². The van der Waals surface area contributed by atoms with Crippen molar-refractivity contribution in [2.45, 2.75) is 31.3 Å². The van der Waals surface area contributed by atoms with Crippen molar-refractivity contribution in [2.24, 2.45) is 0 Å². The number of carbonyl (C=O) groups is 2. The molecular weight excluding hydrogens is 351 g/mol. The van der Waals surface area contributed by atoms with Crippen LogP contribution in [0.5, 0.6) is 6.01 Å². The molecule has 1 N–H and O–H groups in total. The predicted molar refractivity (Wildman–Crippen MR) is 94.6 cm³/mol. The van der Waals surface area contributed by atoms with Crippen molar-refractivity contribution < 1.29 is 18.7 Å². The Labute approximate surface area is 155 Å². The number of hydrogen-bond acceptors (Lipinski definition) is 5. The molecule has 0 spiro atoms. The highest BCUT2D eigenvalue weighted by atomic mass is 19.1. The van der Waals surface area contributed by atoms with Gasteiger partial charge in [-0.25, -0.2) is 14.4 Å². The quantitative estimate of drug-likeness (QED) is 0.895. The topological polar surface area (TPSA) is 84.4 Å². The Morgan fingerprint density at radius 2 is 1.96 bits per heavy atom. The van der Waals surface area contributed by atoms with Crippen LogP contribution in [0.3, 0.4) is 0 Å². The van der Waals surface area contributed by atoms with Gasteiger partial charge in [-0.3, -0.25) is 9.59 Å². The second-order valence-electron chi connectivity index (χ2n) is 6.71. The first-order chi connectivity index (χ1) is 13.1. The maximum absolute atomic E-state index is 13.7. The molecule has 27 heavy (non-hydrogen) atoms. The van der Waals surface area contributed by atoms with Gasteiger partial charge < -0.3 is 15.0 Å². The van der Waals surface area contributed by atoms with Gasteiger partial charge in [0.2, 0.25) is 11.8 Å². The summed E-state index contributed by atoms with van der Waals surface area (Å²) in [7, 11) is 0. The second kappa shape index (κ2) is 7.30. The van der Waals surface area contributed by atoms with E-state index in [9.17, 15) is 14.0 Å². The number of aromatic nitrogens is 2. The number of fused-ring (bicyclic) bond motifs is 1.